The molecule has 0 aromatic rings. The number of imide groups is 1. The van der Waals surface area contributed by atoms with Gasteiger partial charge < -0.3 is 9.64 Å². The fourth-order valence-corrected chi connectivity index (χ4v) is 4.63. The van der Waals surface area contributed by atoms with Crippen LogP contribution in [0, 0.1) is 17.8 Å². The molecule has 0 unspecified atom stereocenters. The smallest absolute Gasteiger partial charge is 0.417 e. The summed E-state index contributed by atoms with van der Waals surface area (Å²) in [6.45, 7) is 5.52. The first-order chi connectivity index (χ1) is 10.7. The summed E-state index contributed by atoms with van der Waals surface area (Å²) >= 11 is 0. The minimum Gasteiger partial charge on any atom is -0.443 e. The van der Waals surface area contributed by atoms with E-state index in [1.54, 1.807) is 0 Å². The van der Waals surface area contributed by atoms with E-state index in [1.165, 1.54) is 17.7 Å². The highest BCUT2D eigenvalue weighted by molar-refractivity contribution is 6.06. The van der Waals surface area contributed by atoms with Gasteiger partial charge in [0.05, 0.1) is 6.04 Å². The maximum absolute atomic E-state index is 12.9. The van der Waals surface area contributed by atoms with E-state index in [1.807, 2.05) is 46.0 Å². The summed E-state index contributed by atoms with van der Waals surface area (Å²) in [6.07, 6.45) is 6.00. The van der Waals surface area contributed by atoms with E-state index in [0.717, 1.165) is 18.4 Å². The van der Waals surface area contributed by atoms with Crippen molar-refractivity contribution in [3.8, 4) is 0 Å². The van der Waals surface area contributed by atoms with Gasteiger partial charge in [-0.15, -0.1) is 0 Å². The Morgan fingerprint density at radius 3 is 2.61 bits per heavy atom. The number of amides is 2. The molecule has 0 N–H and O–H groups in total. The van der Waals surface area contributed by atoms with Gasteiger partial charge in [-0.25, -0.2) is 9.69 Å². The fourth-order valence-electron chi connectivity index (χ4n) is 4.63. The third kappa shape index (κ3) is 2.86. The molecule has 1 heterocycles. The van der Waals surface area contributed by atoms with Gasteiger partial charge >= 0.3 is 6.09 Å². The molecule has 3 aliphatic rings. The predicted octanol–water partition coefficient (Wildman–Crippen LogP) is 3.01. The SMILES string of the molecule is CN(C)C=C1C(=O)N(C(=O)OC(C)(C)C)[C@@H]2[C@H]3CCC[C@H]3C[C@H]12. The Balaban J connectivity index is 1.94. The number of hydrogen-bond donors (Lipinski definition) is 0. The lowest BCUT2D eigenvalue weighted by Gasteiger charge is -2.29. The number of hydrogen-bond acceptors (Lipinski definition) is 4. The van der Waals surface area contributed by atoms with Crippen LogP contribution in [0.2, 0.25) is 0 Å². The summed E-state index contributed by atoms with van der Waals surface area (Å²) in [5.74, 6) is 1.11. The molecule has 128 valence electrons. The molecule has 2 amide bonds. The van der Waals surface area contributed by atoms with Gasteiger partial charge in [0.2, 0.25) is 0 Å². The molecule has 0 bridgehead atoms. The minimum absolute atomic E-state index is 0.00366. The Morgan fingerprint density at radius 2 is 2.00 bits per heavy atom. The van der Waals surface area contributed by atoms with Crippen LogP contribution in [0.4, 0.5) is 4.79 Å². The number of nitrogens with zero attached hydrogens (tertiary/aromatic N) is 2. The molecular weight excluding hydrogens is 292 g/mol. The summed E-state index contributed by atoms with van der Waals surface area (Å²) in [5, 5.41) is 0. The second-order valence-electron chi connectivity index (χ2n) is 8.39. The highest BCUT2D eigenvalue weighted by Crippen LogP contribution is 2.54. The van der Waals surface area contributed by atoms with Crippen LogP contribution >= 0.6 is 0 Å². The zero-order valence-electron chi connectivity index (χ0n) is 14.8. The van der Waals surface area contributed by atoms with Gasteiger partial charge in [0.25, 0.3) is 5.91 Å². The van der Waals surface area contributed by atoms with Crippen LogP contribution in [0.5, 0.6) is 0 Å². The summed E-state index contributed by atoms with van der Waals surface area (Å²) < 4.78 is 5.53. The predicted molar refractivity (Wildman–Crippen MR) is 87.6 cm³/mol. The van der Waals surface area contributed by atoms with Crippen molar-refractivity contribution in [2.45, 2.75) is 58.1 Å². The first-order valence-electron chi connectivity index (χ1n) is 8.63. The van der Waals surface area contributed by atoms with Crippen molar-refractivity contribution in [2.75, 3.05) is 14.1 Å². The van der Waals surface area contributed by atoms with E-state index in [2.05, 4.69) is 0 Å². The monoisotopic (exact) mass is 320 g/mol. The minimum atomic E-state index is -0.589. The number of fused-ring (bicyclic) bond motifs is 3. The lowest BCUT2D eigenvalue weighted by atomic mass is 9.94. The van der Waals surface area contributed by atoms with Gasteiger partial charge in [-0.05, 0) is 45.4 Å². The van der Waals surface area contributed by atoms with E-state index in [4.69, 9.17) is 4.74 Å². The summed E-state index contributed by atoms with van der Waals surface area (Å²) in [4.78, 5) is 28.9. The van der Waals surface area contributed by atoms with Crippen molar-refractivity contribution in [1.29, 1.82) is 0 Å². The first kappa shape index (κ1) is 16.3. The van der Waals surface area contributed by atoms with Crippen LogP contribution in [0.15, 0.2) is 11.8 Å². The average molecular weight is 320 g/mol. The number of likely N-dealkylation sites (tertiary alicyclic amines) is 1. The highest BCUT2D eigenvalue weighted by Gasteiger charge is 2.58. The molecular formula is C18H28N2O3. The quantitative estimate of drug-likeness (QED) is 0.697. The number of carbonyl (C=O) groups excluding carboxylic acids is 2. The number of rotatable bonds is 1. The van der Waals surface area contributed by atoms with Gasteiger partial charge in [0.1, 0.15) is 5.60 Å². The van der Waals surface area contributed by atoms with Gasteiger partial charge in [0.15, 0.2) is 0 Å². The fraction of sp³-hybridized carbons (Fsp3) is 0.778. The van der Waals surface area contributed by atoms with Crippen LogP contribution < -0.4 is 0 Å². The van der Waals surface area contributed by atoms with Crippen molar-refractivity contribution in [3.05, 3.63) is 11.8 Å². The van der Waals surface area contributed by atoms with Gasteiger partial charge in [-0.2, -0.15) is 0 Å². The Morgan fingerprint density at radius 1 is 1.30 bits per heavy atom. The standard InChI is InChI=1S/C18H28N2O3/c1-18(2,3)23-17(22)20-15-12-8-6-7-11(12)9-13(15)14(16(20)21)10-19(4)5/h10-13,15H,6-9H2,1-5H3/t11-,12-,13+,15+/m0/s1. The Kier molecular flexibility index (Phi) is 3.93. The van der Waals surface area contributed by atoms with Crippen LogP contribution in [0.25, 0.3) is 0 Å². The molecule has 5 heteroatoms. The van der Waals surface area contributed by atoms with Crippen LogP contribution in [0.3, 0.4) is 0 Å². The normalized spacial score (nSPS) is 34.7. The lowest BCUT2D eigenvalue weighted by molar-refractivity contribution is -0.126. The first-order valence-corrected chi connectivity index (χ1v) is 8.63. The Bertz CT molecular complexity index is 547. The largest absolute Gasteiger partial charge is 0.443 e. The van der Waals surface area contributed by atoms with Crippen molar-refractivity contribution < 1.29 is 14.3 Å². The molecule has 1 saturated heterocycles. The van der Waals surface area contributed by atoms with Crippen LogP contribution in [-0.2, 0) is 9.53 Å². The topological polar surface area (TPSA) is 49.9 Å². The number of carbonyl (C=O) groups is 2. The van der Waals surface area contributed by atoms with E-state index in [0.29, 0.717) is 11.8 Å². The van der Waals surface area contributed by atoms with Gasteiger partial charge in [0, 0.05) is 31.8 Å². The van der Waals surface area contributed by atoms with Gasteiger partial charge in [-0.3, -0.25) is 4.79 Å². The van der Waals surface area contributed by atoms with E-state index in [-0.39, 0.29) is 17.9 Å². The Hall–Kier alpha value is -1.52. The third-order valence-corrected chi connectivity index (χ3v) is 5.28. The highest BCUT2D eigenvalue weighted by atomic mass is 16.6. The molecule has 3 rings (SSSR count). The molecule has 4 atom stereocenters. The molecule has 3 fully saturated rings. The zero-order valence-corrected chi connectivity index (χ0v) is 14.8. The van der Waals surface area contributed by atoms with Crippen molar-refractivity contribution >= 4 is 12.0 Å². The second-order valence-corrected chi connectivity index (χ2v) is 8.39. The molecule has 0 aromatic heterocycles. The zero-order chi connectivity index (χ0) is 16.9. The van der Waals surface area contributed by atoms with Crippen LogP contribution in [0.1, 0.15) is 46.5 Å². The summed E-state index contributed by atoms with van der Waals surface area (Å²) in [7, 11) is 3.84. The van der Waals surface area contributed by atoms with E-state index < -0.39 is 11.7 Å². The number of ether oxygens (including phenoxy) is 1. The van der Waals surface area contributed by atoms with E-state index in [9.17, 15) is 9.59 Å². The van der Waals surface area contributed by atoms with Crippen LogP contribution in [-0.4, -0.2) is 47.5 Å². The molecule has 23 heavy (non-hydrogen) atoms. The average Bonchev–Trinajstić information content (AvgIpc) is 3.01. The molecule has 5 nitrogen and oxygen atoms in total. The summed E-state index contributed by atoms with van der Waals surface area (Å²) in [5.41, 5.74) is 0.189. The molecule has 0 radical (unpaired) electrons. The van der Waals surface area contributed by atoms with E-state index >= 15 is 0 Å². The molecule has 0 aromatic carbocycles. The second kappa shape index (κ2) is 5.53. The lowest BCUT2D eigenvalue weighted by Crippen LogP contribution is -2.45. The van der Waals surface area contributed by atoms with Crippen molar-refractivity contribution in [1.82, 2.24) is 9.80 Å². The van der Waals surface area contributed by atoms with Crippen molar-refractivity contribution in [3.63, 3.8) is 0 Å². The molecule has 1 aliphatic heterocycles. The molecule has 0 spiro atoms. The third-order valence-electron chi connectivity index (χ3n) is 5.28. The van der Waals surface area contributed by atoms with Gasteiger partial charge in [-0.1, -0.05) is 12.8 Å². The molecule has 2 aliphatic carbocycles. The van der Waals surface area contributed by atoms with Crippen molar-refractivity contribution in [2.24, 2.45) is 17.8 Å². The maximum atomic E-state index is 12.9. The Labute approximate surface area is 138 Å². The summed E-state index contributed by atoms with van der Waals surface area (Å²) in [6, 6.07) is -0.00366. The molecule has 2 saturated carbocycles. The maximum Gasteiger partial charge on any atom is 0.417 e.